The Balaban J connectivity index is 4.24. The molecule has 0 saturated carbocycles. The fourth-order valence-electron chi connectivity index (χ4n) is 9.92. The van der Waals surface area contributed by atoms with E-state index in [0.717, 1.165) is 77.0 Å². The normalized spacial score (nSPS) is 12.3. The lowest BCUT2D eigenvalue weighted by Gasteiger charge is -2.18. The van der Waals surface area contributed by atoms with Gasteiger partial charge in [-0.3, -0.25) is 14.4 Å². The molecule has 76 heavy (non-hydrogen) atoms. The summed E-state index contributed by atoms with van der Waals surface area (Å²) in [7, 11) is 0. The summed E-state index contributed by atoms with van der Waals surface area (Å²) in [5.74, 6) is -0.875. The summed E-state index contributed by atoms with van der Waals surface area (Å²) in [4.78, 5) is 38.3. The molecule has 0 aromatic rings. The summed E-state index contributed by atoms with van der Waals surface area (Å²) in [6.45, 7) is 6.63. The van der Waals surface area contributed by atoms with Crippen molar-refractivity contribution in [1.82, 2.24) is 0 Å². The number of carbonyl (C=O) groups excluding carboxylic acids is 3. The quantitative estimate of drug-likeness (QED) is 0.0261. The lowest BCUT2D eigenvalue weighted by molar-refractivity contribution is -0.167. The molecule has 6 heteroatoms. The summed E-state index contributed by atoms with van der Waals surface area (Å²) in [5.41, 5.74) is 0. The largest absolute Gasteiger partial charge is 0.462 e. The zero-order chi connectivity index (χ0) is 55.0. The first kappa shape index (κ1) is 73.4. The van der Waals surface area contributed by atoms with Crippen molar-refractivity contribution < 1.29 is 28.6 Å². The molecule has 0 fully saturated rings. The molecule has 0 saturated heterocycles. The minimum absolute atomic E-state index is 0.0764. The smallest absolute Gasteiger partial charge is 0.306 e. The highest BCUT2D eigenvalue weighted by Crippen LogP contribution is 2.17. The molecule has 0 amide bonds. The maximum Gasteiger partial charge on any atom is 0.306 e. The van der Waals surface area contributed by atoms with E-state index in [0.29, 0.717) is 19.3 Å². The standard InChI is InChI=1S/C70H128O6/c1-4-7-10-13-16-19-22-25-28-30-31-32-33-34-35-36-37-38-39-41-42-45-48-51-54-57-60-63-69(72)75-66-67(65-74-68(71)62-59-56-53-50-47-44-27-24-21-18-15-12-9-6-3)76-70(73)64-61-58-55-52-49-46-43-40-29-26-23-20-17-14-11-8-5-2/h15,18,24,26-27,29-31,67H,4-14,16-17,19-23,25,28,32-66H2,1-3H3/b18-15-,27-24-,29-26-,31-30-. The molecule has 0 aromatic carbocycles. The van der Waals surface area contributed by atoms with Gasteiger partial charge < -0.3 is 14.2 Å². The van der Waals surface area contributed by atoms with Gasteiger partial charge in [-0.1, -0.05) is 294 Å². The summed E-state index contributed by atoms with van der Waals surface area (Å²) in [6.07, 6.45) is 81.3. The molecule has 1 unspecified atom stereocenters. The molecule has 0 radical (unpaired) electrons. The third-order valence-corrected chi connectivity index (χ3v) is 15.0. The van der Waals surface area contributed by atoms with Gasteiger partial charge in [-0.25, -0.2) is 0 Å². The number of esters is 3. The monoisotopic (exact) mass is 1060 g/mol. The SMILES string of the molecule is CCCC/C=C\C/C=C\CCCCCCCC(=O)OCC(COC(=O)CCCCCCCCCCCCCCCCC/C=C\CCCCCCCCCC)OC(=O)CCCCCCCCC/C=C\CCCCCCCC. The maximum absolute atomic E-state index is 12.9. The molecule has 0 aromatic heterocycles. The minimum atomic E-state index is -0.781. The van der Waals surface area contributed by atoms with Crippen molar-refractivity contribution >= 4 is 17.9 Å². The fourth-order valence-corrected chi connectivity index (χ4v) is 9.92. The van der Waals surface area contributed by atoms with E-state index < -0.39 is 6.10 Å². The topological polar surface area (TPSA) is 78.9 Å². The predicted octanol–water partition coefficient (Wildman–Crippen LogP) is 22.9. The highest BCUT2D eigenvalue weighted by atomic mass is 16.6. The average molecular weight is 1070 g/mol. The van der Waals surface area contributed by atoms with Gasteiger partial charge in [0.2, 0.25) is 0 Å². The van der Waals surface area contributed by atoms with Crippen LogP contribution in [0.5, 0.6) is 0 Å². The van der Waals surface area contributed by atoms with Crippen molar-refractivity contribution in [3.8, 4) is 0 Å². The van der Waals surface area contributed by atoms with Gasteiger partial charge in [0.25, 0.3) is 0 Å². The minimum Gasteiger partial charge on any atom is -0.462 e. The van der Waals surface area contributed by atoms with E-state index >= 15 is 0 Å². The molecule has 0 aliphatic rings. The van der Waals surface area contributed by atoms with E-state index in [1.165, 1.54) is 244 Å². The molecule has 0 bridgehead atoms. The summed E-state index contributed by atoms with van der Waals surface area (Å²) in [6, 6.07) is 0. The zero-order valence-electron chi connectivity index (χ0n) is 51.0. The molecular weight excluding hydrogens is 937 g/mol. The van der Waals surface area contributed by atoms with E-state index in [2.05, 4.69) is 69.4 Å². The van der Waals surface area contributed by atoms with Gasteiger partial charge in [-0.2, -0.15) is 0 Å². The second kappa shape index (κ2) is 64.9. The Bertz CT molecular complexity index is 1310. The Morgan fingerprint density at radius 3 is 0.776 bits per heavy atom. The van der Waals surface area contributed by atoms with Crippen molar-refractivity contribution in [2.24, 2.45) is 0 Å². The van der Waals surface area contributed by atoms with Gasteiger partial charge in [-0.15, -0.1) is 0 Å². The zero-order valence-corrected chi connectivity index (χ0v) is 51.0. The summed E-state index contributed by atoms with van der Waals surface area (Å²) in [5, 5.41) is 0. The van der Waals surface area contributed by atoms with E-state index in [4.69, 9.17) is 14.2 Å². The van der Waals surface area contributed by atoms with E-state index in [1.54, 1.807) is 0 Å². The Morgan fingerprint density at radius 2 is 0.487 bits per heavy atom. The molecule has 1 atom stereocenters. The number of rotatable bonds is 62. The number of unbranched alkanes of at least 4 members (excludes halogenated alkanes) is 43. The van der Waals surface area contributed by atoms with Gasteiger partial charge in [0, 0.05) is 19.3 Å². The van der Waals surface area contributed by atoms with Crippen LogP contribution in [0.15, 0.2) is 48.6 Å². The Labute approximate surface area is 473 Å². The van der Waals surface area contributed by atoms with Gasteiger partial charge in [0.1, 0.15) is 13.2 Å². The molecule has 0 spiro atoms. The lowest BCUT2D eigenvalue weighted by atomic mass is 10.0. The van der Waals surface area contributed by atoms with Crippen LogP contribution in [0.4, 0.5) is 0 Å². The Hall–Kier alpha value is -2.63. The van der Waals surface area contributed by atoms with Crippen molar-refractivity contribution in [2.45, 2.75) is 367 Å². The Morgan fingerprint density at radius 1 is 0.263 bits per heavy atom. The maximum atomic E-state index is 12.9. The van der Waals surface area contributed by atoms with E-state index in [-0.39, 0.29) is 31.1 Å². The number of carbonyl (C=O) groups is 3. The second-order valence-electron chi connectivity index (χ2n) is 22.7. The highest BCUT2D eigenvalue weighted by Gasteiger charge is 2.19. The number of hydrogen-bond donors (Lipinski definition) is 0. The first-order chi connectivity index (χ1) is 37.5. The van der Waals surface area contributed by atoms with E-state index in [9.17, 15) is 14.4 Å². The fraction of sp³-hybridized carbons (Fsp3) is 0.843. The highest BCUT2D eigenvalue weighted by molar-refractivity contribution is 5.71. The van der Waals surface area contributed by atoms with Crippen molar-refractivity contribution in [3.05, 3.63) is 48.6 Å². The van der Waals surface area contributed by atoms with Crippen LogP contribution >= 0.6 is 0 Å². The summed E-state index contributed by atoms with van der Waals surface area (Å²) >= 11 is 0. The van der Waals surface area contributed by atoms with Crippen LogP contribution in [0.3, 0.4) is 0 Å². The number of allylic oxidation sites excluding steroid dienone is 8. The molecule has 0 rings (SSSR count). The van der Waals surface area contributed by atoms with Crippen molar-refractivity contribution in [2.75, 3.05) is 13.2 Å². The van der Waals surface area contributed by atoms with Crippen LogP contribution in [0, 0.1) is 0 Å². The molecular formula is C70H128O6. The average Bonchev–Trinajstić information content (AvgIpc) is 3.42. The van der Waals surface area contributed by atoms with Crippen molar-refractivity contribution in [1.29, 1.82) is 0 Å². The van der Waals surface area contributed by atoms with Gasteiger partial charge in [0.05, 0.1) is 0 Å². The van der Waals surface area contributed by atoms with Crippen LogP contribution in [-0.2, 0) is 28.6 Å². The van der Waals surface area contributed by atoms with Crippen molar-refractivity contribution in [3.63, 3.8) is 0 Å². The van der Waals surface area contributed by atoms with Gasteiger partial charge in [0.15, 0.2) is 6.10 Å². The van der Waals surface area contributed by atoms with Crippen LogP contribution < -0.4 is 0 Å². The van der Waals surface area contributed by atoms with Gasteiger partial charge in [-0.05, 0) is 96.3 Å². The van der Waals surface area contributed by atoms with Crippen LogP contribution in [-0.4, -0.2) is 37.2 Å². The van der Waals surface area contributed by atoms with Gasteiger partial charge >= 0.3 is 17.9 Å². The lowest BCUT2D eigenvalue weighted by Crippen LogP contribution is -2.30. The Kier molecular flexibility index (Phi) is 62.6. The third kappa shape index (κ3) is 62.2. The second-order valence-corrected chi connectivity index (χ2v) is 22.7. The van der Waals surface area contributed by atoms with Crippen LogP contribution in [0.25, 0.3) is 0 Å². The van der Waals surface area contributed by atoms with E-state index in [1.807, 2.05) is 0 Å². The third-order valence-electron chi connectivity index (χ3n) is 15.0. The molecule has 444 valence electrons. The van der Waals surface area contributed by atoms with Crippen LogP contribution in [0.2, 0.25) is 0 Å². The number of hydrogen-bond acceptors (Lipinski definition) is 6. The first-order valence-electron chi connectivity index (χ1n) is 33.6. The molecule has 0 aliphatic carbocycles. The number of ether oxygens (including phenoxy) is 3. The molecule has 6 nitrogen and oxygen atoms in total. The summed E-state index contributed by atoms with van der Waals surface area (Å²) < 4.78 is 16.9. The van der Waals surface area contributed by atoms with Crippen LogP contribution in [0.1, 0.15) is 361 Å². The predicted molar refractivity (Wildman–Crippen MR) is 330 cm³/mol. The molecule has 0 heterocycles. The first-order valence-corrected chi connectivity index (χ1v) is 33.6. The molecule has 0 aliphatic heterocycles. The molecule has 0 N–H and O–H groups in total.